The fourth-order valence-corrected chi connectivity index (χ4v) is 5.08. The molecule has 1 aliphatic carbocycles. The van der Waals surface area contributed by atoms with E-state index in [0.29, 0.717) is 61.2 Å². The van der Waals surface area contributed by atoms with Gasteiger partial charge in [0.15, 0.2) is 0 Å². The standard InChI is InChI=1S/C24H28ClF3N4O2/c1-2-20(32-11-3-4-22(32)33)23(34)30-16-8-6-15(7-9-16)29-19-13-21(24(26,27)28)31-18-10-5-14(25)12-17(18)19/h5,10,12-13,15-16,20H,2-4,6-9,11H2,1H3,(H,29,31)(H,30,34)/t15?,16?,20-/m0/s1. The molecule has 1 aromatic heterocycles. The van der Waals surface area contributed by atoms with E-state index in [4.69, 9.17) is 11.6 Å². The molecule has 1 saturated heterocycles. The molecular weight excluding hydrogens is 469 g/mol. The summed E-state index contributed by atoms with van der Waals surface area (Å²) in [5.41, 5.74) is -0.372. The van der Waals surface area contributed by atoms with Crippen molar-refractivity contribution in [3.63, 3.8) is 0 Å². The van der Waals surface area contributed by atoms with Gasteiger partial charge in [-0.25, -0.2) is 4.98 Å². The van der Waals surface area contributed by atoms with Crippen molar-refractivity contribution in [3.05, 3.63) is 35.0 Å². The monoisotopic (exact) mass is 496 g/mol. The van der Waals surface area contributed by atoms with Crippen LogP contribution >= 0.6 is 11.6 Å². The smallest absolute Gasteiger partial charge is 0.382 e. The van der Waals surface area contributed by atoms with Crippen LogP contribution in [0.3, 0.4) is 0 Å². The summed E-state index contributed by atoms with van der Waals surface area (Å²) in [6.07, 6.45) is 0.0574. The number of nitrogens with zero attached hydrogens (tertiary/aromatic N) is 2. The molecule has 1 saturated carbocycles. The van der Waals surface area contributed by atoms with Gasteiger partial charge in [-0.15, -0.1) is 0 Å². The molecule has 2 amide bonds. The topological polar surface area (TPSA) is 74.3 Å². The lowest BCUT2D eigenvalue weighted by Crippen LogP contribution is -2.51. The molecule has 2 heterocycles. The first-order valence-corrected chi connectivity index (χ1v) is 12.1. The molecule has 34 heavy (non-hydrogen) atoms. The molecule has 2 aliphatic rings. The first kappa shape index (κ1) is 24.6. The van der Waals surface area contributed by atoms with Gasteiger partial charge in [0.05, 0.1) is 5.52 Å². The number of amides is 2. The second kappa shape index (κ2) is 9.98. The minimum atomic E-state index is -4.56. The van der Waals surface area contributed by atoms with E-state index in [0.717, 1.165) is 12.5 Å². The highest BCUT2D eigenvalue weighted by Gasteiger charge is 2.35. The first-order valence-electron chi connectivity index (χ1n) is 11.7. The van der Waals surface area contributed by atoms with E-state index >= 15 is 0 Å². The largest absolute Gasteiger partial charge is 0.433 e. The van der Waals surface area contributed by atoms with Crippen molar-refractivity contribution in [2.24, 2.45) is 0 Å². The van der Waals surface area contributed by atoms with Crippen LogP contribution in [0.1, 0.15) is 57.6 Å². The molecule has 1 atom stereocenters. The van der Waals surface area contributed by atoms with E-state index in [1.165, 1.54) is 12.1 Å². The number of anilines is 1. The molecule has 6 nitrogen and oxygen atoms in total. The predicted octanol–water partition coefficient (Wildman–Crippen LogP) is 5.15. The molecule has 0 bridgehead atoms. The van der Waals surface area contributed by atoms with Gasteiger partial charge >= 0.3 is 6.18 Å². The van der Waals surface area contributed by atoms with E-state index in [-0.39, 0.29) is 29.4 Å². The van der Waals surface area contributed by atoms with E-state index in [2.05, 4.69) is 15.6 Å². The minimum absolute atomic E-state index is 0.0216. The highest BCUT2D eigenvalue weighted by Crippen LogP contribution is 2.35. The van der Waals surface area contributed by atoms with Crippen LogP contribution in [0.25, 0.3) is 10.9 Å². The van der Waals surface area contributed by atoms with Gasteiger partial charge in [0, 0.05) is 41.1 Å². The average molecular weight is 497 g/mol. The molecule has 2 fully saturated rings. The first-order chi connectivity index (χ1) is 16.2. The van der Waals surface area contributed by atoms with Crippen LogP contribution in [0, 0.1) is 0 Å². The van der Waals surface area contributed by atoms with E-state index in [1.54, 1.807) is 11.0 Å². The third-order valence-corrected chi connectivity index (χ3v) is 6.91. The molecule has 4 rings (SSSR count). The molecule has 0 unspecified atom stereocenters. The van der Waals surface area contributed by atoms with E-state index in [9.17, 15) is 22.8 Å². The van der Waals surface area contributed by atoms with Crippen LogP contribution in [0.15, 0.2) is 24.3 Å². The number of alkyl halides is 3. The number of halogens is 4. The number of nitrogens with one attached hydrogen (secondary N) is 2. The molecule has 184 valence electrons. The summed E-state index contributed by atoms with van der Waals surface area (Å²) in [5.74, 6) is -0.100. The Hall–Kier alpha value is -2.55. The number of fused-ring (bicyclic) bond motifs is 1. The van der Waals surface area contributed by atoms with Gasteiger partial charge in [0.1, 0.15) is 11.7 Å². The maximum atomic E-state index is 13.4. The third kappa shape index (κ3) is 5.40. The third-order valence-electron chi connectivity index (χ3n) is 6.67. The zero-order chi connectivity index (χ0) is 24.5. The summed E-state index contributed by atoms with van der Waals surface area (Å²) in [6, 6.07) is 5.15. The van der Waals surface area contributed by atoms with Crippen LogP contribution in [-0.4, -0.2) is 46.4 Å². The SMILES string of the molecule is CC[C@@H](C(=O)NC1CCC(Nc2cc(C(F)(F)F)nc3ccc(Cl)cc23)CC1)N1CCCC1=O. The highest BCUT2D eigenvalue weighted by molar-refractivity contribution is 6.31. The van der Waals surface area contributed by atoms with Crippen LogP contribution in [-0.2, 0) is 15.8 Å². The molecule has 0 spiro atoms. The second-order valence-electron chi connectivity index (χ2n) is 9.03. The van der Waals surface area contributed by atoms with Crippen molar-refractivity contribution in [1.29, 1.82) is 0 Å². The van der Waals surface area contributed by atoms with Crippen LogP contribution in [0.5, 0.6) is 0 Å². The Kier molecular flexibility index (Phi) is 7.21. The summed E-state index contributed by atoms with van der Waals surface area (Å²) in [5, 5.41) is 7.30. The zero-order valence-electron chi connectivity index (χ0n) is 18.9. The Morgan fingerprint density at radius 2 is 1.91 bits per heavy atom. The zero-order valence-corrected chi connectivity index (χ0v) is 19.7. The van der Waals surface area contributed by atoms with Crippen molar-refractivity contribution < 1.29 is 22.8 Å². The molecule has 2 aromatic rings. The molecule has 1 aliphatic heterocycles. The second-order valence-corrected chi connectivity index (χ2v) is 9.47. The van der Waals surface area contributed by atoms with Crippen molar-refractivity contribution in [3.8, 4) is 0 Å². The van der Waals surface area contributed by atoms with Crippen LogP contribution in [0.2, 0.25) is 5.02 Å². The van der Waals surface area contributed by atoms with Gasteiger partial charge in [0.25, 0.3) is 0 Å². The summed E-state index contributed by atoms with van der Waals surface area (Å²) in [6.45, 7) is 2.52. The number of hydrogen-bond acceptors (Lipinski definition) is 4. The van der Waals surface area contributed by atoms with Gasteiger partial charge in [-0.3, -0.25) is 9.59 Å². The normalized spacial score (nSPS) is 22.1. The lowest BCUT2D eigenvalue weighted by molar-refractivity contribution is -0.141. The number of carbonyl (C=O) groups is 2. The molecule has 2 N–H and O–H groups in total. The Balaban J connectivity index is 1.41. The van der Waals surface area contributed by atoms with Crippen molar-refractivity contribution in [2.45, 2.75) is 76.2 Å². The van der Waals surface area contributed by atoms with Crippen molar-refractivity contribution in [2.75, 3.05) is 11.9 Å². The Morgan fingerprint density at radius 3 is 2.53 bits per heavy atom. The van der Waals surface area contributed by atoms with Crippen LogP contribution in [0.4, 0.5) is 18.9 Å². The Morgan fingerprint density at radius 1 is 1.21 bits per heavy atom. The lowest BCUT2D eigenvalue weighted by Gasteiger charge is -2.33. The number of benzene rings is 1. The summed E-state index contributed by atoms with van der Waals surface area (Å²) < 4.78 is 40.1. The van der Waals surface area contributed by atoms with Crippen LogP contribution < -0.4 is 10.6 Å². The predicted molar refractivity (Wildman–Crippen MR) is 125 cm³/mol. The lowest BCUT2D eigenvalue weighted by atomic mass is 9.90. The van der Waals surface area contributed by atoms with Crippen molar-refractivity contribution in [1.82, 2.24) is 15.2 Å². The molecular formula is C24H28ClF3N4O2. The fraction of sp³-hybridized carbons (Fsp3) is 0.542. The summed E-state index contributed by atoms with van der Waals surface area (Å²) in [7, 11) is 0. The fourth-order valence-electron chi connectivity index (χ4n) is 4.91. The number of likely N-dealkylation sites (tertiary alicyclic amines) is 1. The number of pyridine rings is 1. The molecule has 0 radical (unpaired) electrons. The molecule has 1 aromatic carbocycles. The quantitative estimate of drug-likeness (QED) is 0.580. The van der Waals surface area contributed by atoms with Gasteiger partial charge in [-0.05, 0) is 62.8 Å². The van der Waals surface area contributed by atoms with Gasteiger partial charge in [-0.1, -0.05) is 18.5 Å². The maximum Gasteiger partial charge on any atom is 0.433 e. The Labute approximate surface area is 201 Å². The minimum Gasteiger partial charge on any atom is -0.382 e. The van der Waals surface area contributed by atoms with Gasteiger partial charge in [-0.2, -0.15) is 13.2 Å². The number of rotatable bonds is 6. The van der Waals surface area contributed by atoms with Gasteiger partial charge < -0.3 is 15.5 Å². The Bertz CT molecular complexity index is 1070. The number of aromatic nitrogens is 1. The number of carbonyl (C=O) groups excluding carboxylic acids is 2. The summed E-state index contributed by atoms with van der Waals surface area (Å²) in [4.78, 5) is 30.3. The number of hydrogen-bond donors (Lipinski definition) is 2. The summed E-state index contributed by atoms with van der Waals surface area (Å²) >= 11 is 6.08. The molecule has 10 heteroatoms. The van der Waals surface area contributed by atoms with E-state index < -0.39 is 17.9 Å². The van der Waals surface area contributed by atoms with Gasteiger partial charge in [0.2, 0.25) is 11.8 Å². The highest BCUT2D eigenvalue weighted by atomic mass is 35.5. The van der Waals surface area contributed by atoms with E-state index in [1.807, 2.05) is 6.92 Å². The maximum absolute atomic E-state index is 13.4. The van der Waals surface area contributed by atoms with Crippen molar-refractivity contribution >= 4 is 40.0 Å². The average Bonchev–Trinajstić information content (AvgIpc) is 3.20.